The zero-order valence-corrected chi connectivity index (χ0v) is 15.8. The van der Waals surface area contributed by atoms with Gasteiger partial charge < -0.3 is 0 Å². The highest BCUT2D eigenvalue weighted by molar-refractivity contribution is 7.89. The minimum atomic E-state index is -4.03. The van der Waals surface area contributed by atoms with Crippen LogP contribution in [0.4, 0.5) is 8.78 Å². The van der Waals surface area contributed by atoms with Crippen molar-refractivity contribution < 1.29 is 17.2 Å². The maximum absolute atomic E-state index is 13.3. The van der Waals surface area contributed by atoms with Crippen molar-refractivity contribution in [2.24, 2.45) is 5.14 Å². The summed E-state index contributed by atoms with van der Waals surface area (Å²) in [4.78, 5) is -0.450. The molecule has 1 aromatic heterocycles. The van der Waals surface area contributed by atoms with Gasteiger partial charge in [-0.3, -0.25) is 0 Å². The molecule has 5 nitrogen and oxygen atoms in total. The fourth-order valence-corrected chi connectivity index (χ4v) is 4.33. The molecule has 0 radical (unpaired) electrons. The number of halogens is 3. The molecule has 0 atom stereocenters. The van der Waals surface area contributed by atoms with Crippen molar-refractivity contribution in [1.29, 1.82) is 0 Å². The van der Waals surface area contributed by atoms with E-state index in [9.17, 15) is 17.2 Å². The van der Waals surface area contributed by atoms with Crippen LogP contribution in [-0.4, -0.2) is 23.1 Å². The van der Waals surface area contributed by atoms with E-state index in [1.54, 1.807) is 6.07 Å². The molecular formula is C17H20ClF2N3O2S. The first-order valence-corrected chi connectivity index (χ1v) is 10.2. The monoisotopic (exact) mass is 403 g/mol. The summed E-state index contributed by atoms with van der Waals surface area (Å²) in [5, 5.41) is 9.27. The topological polar surface area (TPSA) is 78.0 Å². The highest BCUT2D eigenvalue weighted by Crippen LogP contribution is 2.42. The Hall–Kier alpha value is -1.51. The van der Waals surface area contributed by atoms with Gasteiger partial charge in [0.15, 0.2) is 0 Å². The van der Waals surface area contributed by atoms with Crippen LogP contribution < -0.4 is 5.14 Å². The second-order valence-corrected chi connectivity index (χ2v) is 9.35. The molecule has 9 heteroatoms. The number of sulfonamides is 1. The zero-order chi connectivity index (χ0) is 19.1. The lowest BCUT2D eigenvalue weighted by molar-refractivity contribution is 0.145. The molecule has 1 fully saturated rings. The van der Waals surface area contributed by atoms with E-state index in [1.807, 2.05) is 6.92 Å². The summed E-state index contributed by atoms with van der Waals surface area (Å²) >= 11 is 6.38. The lowest BCUT2D eigenvalue weighted by atomic mass is 9.80. The van der Waals surface area contributed by atoms with E-state index < -0.39 is 16.4 Å². The van der Waals surface area contributed by atoms with Crippen LogP contribution in [-0.2, 0) is 10.0 Å². The van der Waals surface area contributed by atoms with Crippen molar-refractivity contribution in [3.05, 3.63) is 41.7 Å². The van der Waals surface area contributed by atoms with Gasteiger partial charge in [0.25, 0.3) is 6.43 Å². The largest absolute Gasteiger partial charge is 0.282 e. The van der Waals surface area contributed by atoms with Gasteiger partial charge in [-0.05, 0) is 50.8 Å². The van der Waals surface area contributed by atoms with Crippen molar-refractivity contribution in [3.8, 4) is 5.69 Å². The fraction of sp³-hybridized carbons (Fsp3) is 0.471. The Labute approximate surface area is 156 Å². The molecule has 1 aliphatic rings. The van der Waals surface area contributed by atoms with E-state index in [4.69, 9.17) is 16.7 Å². The number of hydrogen-bond acceptors (Lipinski definition) is 3. The summed E-state index contributed by atoms with van der Waals surface area (Å²) < 4.78 is 51.6. The summed E-state index contributed by atoms with van der Waals surface area (Å²) in [6.07, 6.45) is 0.160. The van der Waals surface area contributed by atoms with Crippen LogP contribution in [0.3, 0.4) is 0 Å². The number of aromatic nitrogens is 2. The summed E-state index contributed by atoms with van der Waals surface area (Å²) in [7, 11) is -4.03. The van der Waals surface area contributed by atoms with Gasteiger partial charge in [-0.2, -0.15) is 5.10 Å². The van der Waals surface area contributed by atoms with E-state index >= 15 is 0 Å². The van der Waals surface area contributed by atoms with Crippen molar-refractivity contribution >= 4 is 21.6 Å². The Balaban J connectivity index is 2.11. The molecular weight excluding hydrogens is 384 g/mol. The number of para-hydroxylation sites is 1. The quantitative estimate of drug-likeness (QED) is 0.780. The standard InChI is InChI=1S/C17H20ClF2N3O2S/c1-17(18)8-6-11(7-9-17)14-10-12(16(19)20)22-23(14)13-4-2-3-5-15(13)26(21,24)25/h2-5,10-11,16H,6-9H2,1H3,(H2,21,24,25). The number of nitrogens with two attached hydrogens (primary N) is 1. The number of rotatable bonds is 4. The maximum Gasteiger partial charge on any atom is 0.282 e. The molecule has 0 amide bonds. The molecule has 2 N–H and O–H groups in total. The van der Waals surface area contributed by atoms with Gasteiger partial charge in [-0.25, -0.2) is 27.0 Å². The summed E-state index contributed by atoms with van der Waals surface area (Å²) in [5.41, 5.74) is 0.350. The second-order valence-electron chi connectivity index (χ2n) is 6.91. The van der Waals surface area contributed by atoms with Crippen molar-refractivity contribution in [2.75, 3.05) is 0 Å². The number of benzene rings is 1. The van der Waals surface area contributed by atoms with Crippen LogP contribution in [0.1, 0.15) is 56.3 Å². The molecule has 0 spiro atoms. The number of alkyl halides is 3. The third-order valence-electron chi connectivity index (χ3n) is 4.83. The molecule has 0 bridgehead atoms. The average molecular weight is 404 g/mol. The van der Waals surface area contributed by atoms with Crippen LogP contribution in [0.5, 0.6) is 0 Å². The maximum atomic E-state index is 13.3. The molecule has 26 heavy (non-hydrogen) atoms. The summed E-state index contributed by atoms with van der Waals surface area (Å²) in [6, 6.07) is 7.36. The minimum Gasteiger partial charge on any atom is -0.236 e. The first-order valence-electron chi connectivity index (χ1n) is 8.28. The Morgan fingerprint density at radius 3 is 2.50 bits per heavy atom. The molecule has 2 aromatic rings. The molecule has 0 unspecified atom stereocenters. The molecule has 1 heterocycles. The first-order chi connectivity index (χ1) is 12.1. The molecule has 1 saturated carbocycles. The number of primary sulfonamides is 1. The van der Waals surface area contributed by atoms with Gasteiger partial charge >= 0.3 is 0 Å². The van der Waals surface area contributed by atoms with Gasteiger partial charge in [0.05, 0.1) is 5.69 Å². The van der Waals surface area contributed by atoms with Crippen LogP contribution in [0, 0.1) is 0 Å². The Morgan fingerprint density at radius 2 is 1.92 bits per heavy atom. The van der Waals surface area contributed by atoms with Crippen molar-refractivity contribution in [3.63, 3.8) is 0 Å². The van der Waals surface area contributed by atoms with Gasteiger partial charge in [-0.1, -0.05) is 12.1 Å². The molecule has 0 saturated heterocycles. The Morgan fingerprint density at radius 1 is 1.31 bits per heavy atom. The lowest BCUT2D eigenvalue weighted by Gasteiger charge is -2.32. The van der Waals surface area contributed by atoms with E-state index in [0.29, 0.717) is 18.5 Å². The smallest absolute Gasteiger partial charge is 0.236 e. The van der Waals surface area contributed by atoms with E-state index in [1.165, 1.54) is 28.9 Å². The molecule has 0 aliphatic heterocycles. The molecule has 142 valence electrons. The van der Waals surface area contributed by atoms with Crippen molar-refractivity contribution in [1.82, 2.24) is 9.78 Å². The van der Waals surface area contributed by atoms with Crippen LogP contribution in [0.2, 0.25) is 0 Å². The normalized spacial score (nSPS) is 24.2. The van der Waals surface area contributed by atoms with Gasteiger partial charge in [0.2, 0.25) is 10.0 Å². The average Bonchev–Trinajstić information content (AvgIpc) is 2.99. The van der Waals surface area contributed by atoms with Crippen LogP contribution in [0.25, 0.3) is 5.69 Å². The SMILES string of the molecule is CC1(Cl)CCC(c2cc(C(F)F)nn2-c2ccccc2S(N)(=O)=O)CC1. The Kier molecular flexibility index (Phi) is 5.11. The molecule has 1 aliphatic carbocycles. The van der Waals surface area contributed by atoms with E-state index in [-0.39, 0.29) is 27.1 Å². The first kappa shape index (κ1) is 19.3. The van der Waals surface area contributed by atoms with E-state index in [2.05, 4.69) is 5.10 Å². The fourth-order valence-electron chi connectivity index (χ4n) is 3.39. The van der Waals surface area contributed by atoms with Crippen LogP contribution in [0.15, 0.2) is 35.2 Å². The van der Waals surface area contributed by atoms with Crippen LogP contribution >= 0.6 is 11.6 Å². The summed E-state index contributed by atoms with van der Waals surface area (Å²) in [5.74, 6) is -0.0321. The van der Waals surface area contributed by atoms with Crippen molar-refractivity contribution in [2.45, 2.75) is 54.7 Å². The second kappa shape index (κ2) is 6.90. The minimum absolute atomic E-state index is 0.0321. The third kappa shape index (κ3) is 3.92. The number of nitrogens with zero attached hydrogens (tertiary/aromatic N) is 2. The highest BCUT2D eigenvalue weighted by atomic mass is 35.5. The van der Waals surface area contributed by atoms with E-state index in [0.717, 1.165) is 12.8 Å². The van der Waals surface area contributed by atoms with Gasteiger partial charge in [0, 0.05) is 16.5 Å². The predicted molar refractivity (Wildman–Crippen MR) is 95.4 cm³/mol. The summed E-state index contributed by atoms with van der Waals surface area (Å²) in [6.45, 7) is 1.96. The molecule has 1 aromatic carbocycles. The highest BCUT2D eigenvalue weighted by Gasteiger charge is 2.33. The zero-order valence-electron chi connectivity index (χ0n) is 14.2. The number of hydrogen-bond donors (Lipinski definition) is 1. The van der Waals surface area contributed by atoms with Gasteiger partial charge in [0.1, 0.15) is 10.6 Å². The predicted octanol–water partition coefficient (Wildman–Crippen LogP) is 4.11. The Bertz CT molecular complexity index is 902. The van der Waals surface area contributed by atoms with Gasteiger partial charge in [-0.15, -0.1) is 11.6 Å². The third-order valence-corrected chi connectivity index (χ3v) is 6.16. The lowest BCUT2D eigenvalue weighted by Crippen LogP contribution is -2.25. The molecule has 3 rings (SSSR count).